The zero-order valence-corrected chi connectivity index (χ0v) is 36.8. The first-order chi connectivity index (χ1) is 30.4. The van der Waals surface area contributed by atoms with E-state index >= 15 is 8.78 Å². The summed E-state index contributed by atoms with van der Waals surface area (Å²) in [6.45, 7) is 15.6. The first-order valence-corrected chi connectivity index (χ1v) is 22.4. The molecule has 13 heteroatoms. The lowest BCUT2D eigenvalue weighted by Crippen LogP contribution is -2.46. The van der Waals surface area contributed by atoms with Crippen LogP contribution in [0.3, 0.4) is 0 Å². The number of nitrogens with zero attached hydrogens (tertiary/aromatic N) is 6. The number of hydrogen-bond donors (Lipinski definition) is 1. The van der Waals surface area contributed by atoms with Gasteiger partial charge >= 0.3 is 0 Å². The van der Waals surface area contributed by atoms with E-state index in [1.54, 1.807) is 24.3 Å². The Morgan fingerprint density at radius 1 is 0.873 bits per heavy atom. The fourth-order valence-corrected chi connectivity index (χ4v) is 11.3. The number of ether oxygens (including phenoxy) is 2. The summed E-state index contributed by atoms with van der Waals surface area (Å²) in [5, 5.41) is 20.2. The van der Waals surface area contributed by atoms with E-state index in [0.717, 1.165) is 73.5 Å². The van der Waals surface area contributed by atoms with Crippen molar-refractivity contribution in [2.45, 2.75) is 66.0 Å². The first-order valence-electron chi connectivity index (χ1n) is 21.6. The molecule has 4 aliphatic rings. The van der Waals surface area contributed by atoms with Gasteiger partial charge in [-0.2, -0.15) is 0 Å². The molecule has 324 valence electrons. The zero-order chi connectivity index (χ0) is 43.7. The maximum atomic E-state index is 15.3. The number of piperidine rings is 1. The number of allylic oxidation sites excluding steroid dienone is 1. The molecule has 0 bridgehead atoms. The monoisotopic (exact) mass is 870 g/mol. The van der Waals surface area contributed by atoms with Gasteiger partial charge in [0.05, 0.1) is 11.3 Å². The Labute approximate surface area is 369 Å². The molecule has 3 atom stereocenters. The minimum atomic E-state index is -1.03. The summed E-state index contributed by atoms with van der Waals surface area (Å²) in [6.07, 6.45) is 2.59. The molecule has 10 rings (SSSR count). The SMILES string of the molecule is CC1=C(c2c(F)cc(F)cc2F)[C@H](c2ccc(OCCN3CCC[C@]4(CCN(c5ccc(C6=N[C@@H](C)c7nnc(C)n7-c7sc(C)c(C)c76)cc5)C4)C3)cc2)Oc2ccc(O)cc21. The summed E-state index contributed by atoms with van der Waals surface area (Å²) >= 11 is 1.78. The third-order valence-corrected chi connectivity index (χ3v) is 14.6. The number of benzene rings is 4. The third kappa shape index (κ3) is 7.38. The summed E-state index contributed by atoms with van der Waals surface area (Å²) in [7, 11) is 0. The van der Waals surface area contributed by atoms with Crippen molar-refractivity contribution < 1.29 is 27.8 Å². The molecule has 2 aromatic heterocycles. The Hall–Kier alpha value is -5.92. The van der Waals surface area contributed by atoms with Crippen LogP contribution in [0.5, 0.6) is 17.2 Å². The molecule has 4 aromatic carbocycles. The van der Waals surface area contributed by atoms with E-state index in [4.69, 9.17) is 14.5 Å². The van der Waals surface area contributed by atoms with Crippen molar-refractivity contribution in [2.24, 2.45) is 10.4 Å². The van der Waals surface area contributed by atoms with Crippen LogP contribution in [-0.4, -0.2) is 69.8 Å². The number of phenols is 1. The topological polar surface area (TPSA) is 88.2 Å². The summed E-state index contributed by atoms with van der Waals surface area (Å²) in [6, 6.07) is 22.2. The lowest BCUT2D eigenvalue weighted by atomic mass is 9.79. The van der Waals surface area contributed by atoms with Gasteiger partial charge in [-0.15, -0.1) is 21.5 Å². The molecule has 4 aliphatic heterocycles. The average Bonchev–Trinajstić information content (AvgIpc) is 3.92. The van der Waals surface area contributed by atoms with Gasteiger partial charge in [-0.05, 0) is 120 Å². The van der Waals surface area contributed by atoms with Gasteiger partial charge in [-0.25, -0.2) is 13.2 Å². The molecular weight excluding hydrogens is 822 g/mol. The normalized spacial score (nSPS) is 20.9. The van der Waals surface area contributed by atoms with Crippen molar-refractivity contribution in [2.75, 3.05) is 44.2 Å². The predicted octanol–water partition coefficient (Wildman–Crippen LogP) is 10.7. The molecule has 0 saturated carbocycles. The molecule has 6 heterocycles. The first kappa shape index (κ1) is 41.1. The van der Waals surface area contributed by atoms with E-state index in [1.165, 1.54) is 40.2 Å². The Kier molecular flexibility index (Phi) is 10.4. The highest BCUT2D eigenvalue weighted by molar-refractivity contribution is 7.15. The predicted molar refractivity (Wildman–Crippen MR) is 241 cm³/mol. The molecule has 2 saturated heterocycles. The molecular formula is C50H49F3N6O3S. The number of halogens is 3. The van der Waals surface area contributed by atoms with Crippen LogP contribution in [-0.2, 0) is 0 Å². The van der Waals surface area contributed by atoms with E-state index in [9.17, 15) is 9.50 Å². The minimum Gasteiger partial charge on any atom is -0.508 e. The van der Waals surface area contributed by atoms with Crippen LogP contribution in [0.2, 0.25) is 0 Å². The lowest BCUT2D eigenvalue weighted by molar-refractivity contribution is 0.0913. The van der Waals surface area contributed by atoms with Gasteiger partial charge in [0.2, 0.25) is 0 Å². The zero-order valence-electron chi connectivity index (χ0n) is 36.0. The highest BCUT2D eigenvalue weighted by Crippen LogP contribution is 2.49. The van der Waals surface area contributed by atoms with Crippen LogP contribution >= 0.6 is 11.3 Å². The van der Waals surface area contributed by atoms with Gasteiger partial charge in [-0.3, -0.25) is 14.5 Å². The number of rotatable bonds is 8. The second-order valence-electron chi connectivity index (χ2n) is 17.5. The number of aliphatic imine (C=N–C) groups is 1. The quantitative estimate of drug-likeness (QED) is 0.163. The third-order valence-electron chi connectivity index (χ3n) is 13.5. The van der Waals surface area contributed by atoms with E-state index in [0.29, 0.717) is 46.9 Å². The minimum absolute atomic E-state index is 0.00892. The number of fused-ring (bicyclic) bond motifs is 4. The summed E-state index contributed by atoms with van der Waals surface area (Å²) in [4.78, 5) is 11.6. The van der Waals surface area contributed by atoms with Crippen LogP contribution in [0, 0.1) is 43.6 Å². The van der Waals surface area contributed by atoms with Gasteiger partial charge < -0.3 is 19.5 Å². The van der Waals surface area contributed by atoms with Crippen LogP contribution in [0.4, 0.5) is 18.9 Å². The Morgan fingerprint density at radius 2 is 1.63 bits per heavy atom. The summed E-state index contributed by atoms with van der Waals surface area (Å²) in [5.74, 6) is -0.182. The maximum Gasteiger partial charge on any atom is 0.162 e. The fourth-order valence-electron chi connectivity index (χ4n) is 10.1. The number of thiophene rings is 1. The van der Waals surface area contributed by atoms with E-state index in [2.05, 4.69) is 69.6 Å². The van der Waals surface area contributed by atoms with Crippen molar-refractivity contribution in [3.8, 4) is 22.2 Å². The number of aromatic nitrogens is 3. The molecule has 0 aliphatic carbocycles. The van der Waals surface area contributed by atoms with Crippen molar-refractivity contribution >= 4 is 33.9 Å². The molecule has 1 N–H and O–H groups in total. The van der Waals surface area contributed by atoms with Crippen LogP contribution in [0.15, 0.2) is 83.9 Å². The fraction of sp³-hybridized carbons (Fsp3) is 0.340. The largest absolute Gasteiger partial charge is 0.508 e. The highest BCUT2D eigenvalue weighted by Gasteiger charge is 2.41. The second kappa shape index (κ2) is 16.0. The lowest BCUT2D eigenvalue weighted by Gasteiger charge is -2.40. The highest BCUT2D eigenvalue weighted by atomic mass is 32.1. The number of phenolic OH excluding ortho intramolecular Hbond substituents is 1. The van der Waals surface area contributed by atoms with Gasteiger partial charge in [0.25, 0.3) is 0 Å². The number of likely N-dealkylation sites (tertiary alicyclic amines) is 1. The Balaban J connectivity index is 0.789. The molecule has 0 unspecified atom stereocenters. The van der Waals surface area contributed by atoms with Crippen LogP contribution in [0.25, 0.3) is 16.1 Å². The molecule has 1 spiro atoms. The van der Waals surface area contributed by atoms with E-state index in [-0.39, 0.29) is 28.3 Å². The number of aryl methyl sites for hydroxylation is 2. The number of aromatic hydroxyl groups is 1. The number of hydrogen-bond acceptors (Lipinski definition) is 9. The summed E-state index contributed by atoms with van der Waals surface area (Å²) < 4.78 is 59.3. The summed E-state index contributed by atoms with van der Waals surface area (Å²) in [5.41, 5.74) is 7.53. The molecule has 0 radical (unpaired) electrons. The van der Waals surface area contributed by atoms with Gasteiger partial charge in [0.1, 0.15) is 64.3 Å². The molecule has 9 nitrogen and oxygen atoms in total. The van der Waals surface area contributed by atoms with Gasteiger partial charge in [-0.1, -0.05) is 24.3 Å². The smallest absolute Gasteiger partial charge is 0.162 e. The Morgan fingerprint density at radius 3 is 2.40 bits per heavy atom. The standard InChI is InChI=1S/C50H49F3N6O3S/c1-28-31(4)63-49-44(28)46(54-30(3)48-56-55-32(5)59(48)49)33-7-11-36(12-8-33)58-20-18-50(27-58)17-6-19-57(26-50)21-22-61-38-14-9-34(10-15-38)47-43(45-40(52)23-35(51)24-41(45)53)29(2)39-25-37(60)13-16-42(39)62-47/h7-16,23-25,30,47,60H,6,17-22,26-27H2,1-5H3/t30-,47-,50-/m0/s1. The molecule has 2 fully saturated rings. The molecule has 6 aromatic rings. The average molecular weight is 871 g/mol. The molecule has 63 heavy (non-hydrogen) atoms. The molecule has 0 amide bonds. The van der Waals surface area contributed by atoms with Gasteiger partial charge in [0.15, 0.2) is 5.82 Å². The van der Waals surface area contributed by atoms with E-state index in [1.807, 2.05) is 31.2 Å². The van der Waals surface area contributed by atoms with Crippen molar-refractivity contribution in [3.05, 3.63) is 146 Å². The van der Waals surface area contributed by atoms with Crippen molar-refractivity contribution in [1.29, 1.82) is 0 Å². The second-order valence-corrected chi connectivity index (χ2v) is 18.7. The van der Waals surface area contributed by atoms with E-state index < -0.39 is 23.6 Å². The van der Waals surface area contributed by atoms with Gasteiger partial charge in [0, 0.05) is 76.6 Å². The van der Waals surface area contributed by atoms with Crippen LogP contribution < -0.4 is 14.4 Å². The number of anilines is 1. The Bertz CT molecular complexity index is 2790. The van der Waals surface area contributed by atoms with Crippen LogP contribution in [0.1, 0.15) is 95.2 Å². The maximum absolute atomic E-state index is 15.3. The van der Waals surface area contributed by atoms with Crippen molar-refractivity contribution in [1.82, 2.24) is 19.7 Å². The van der Waals surface area contributed by atoms with Crippen molar-refractivity contribution in [3.63, 3.8) is 0 Å².